The van der Waals surface area contributed by atoms with E-state index >= 15 is 0 Å². The molecule has 0 N–H and O–H groups in total. The number of allylic oxidation sites excluding steroid dienone is 2. The van der Waals surface area contributed by atoms with Crippen molar-refractivity contribution >= 4 is 0 Å². The fourth-order valence-corrected chi connectivity index (χ4v) is 0.626. The highest BCUT2D eigenvalue weighted by molar-refractivity contribution is 5.22. The van der Waals surface area contributed by atoms with Gasteiger partial charge in [0.2, 0.25) is 0 Å². The molecule has 0 aliphatic heterocycles. The van der Waals surface area contributed by atoms with Crippen LogP contribution in [0.4, 0.5) is 0 Å². The number of nitrogens with zero attached hydrogens (tertiary/aromatic N) is 1. The van der Waals surface area contributed by atoms with Crippen LogP contribution in [0, 0.1) is 17.2 Å². The Labute approximate surface area is 43.3 Å². The zero-order valence-corrected chi connectivity index (χ0v) is 4.31. The molecule has 0 amide bonds. The van der Waals surface area contributed by atoms with Crippen molar-refractivity contribution in [3.05, 3.63) is 11.6 Å². The van der Waals surface area contributed by atoms with Crippen LogP contribution in [-0.2, 0) is 0 Å². The lowest BCUT2D eigenvalue weighted by atomic mass is 9.88. The lowest BCUT2D eigenvalue weighted by Gasteiger charge is -2.15. The second kappa shape index (κ2) is 1.38. The molecule has 7 heavy (non-hydrogen) atoms. The smallest absolute Gasteiger partial charge is 0.0704 e. The minimum atomic E-state index is 0.250. The Bertz CT molecular complexity index is 139. The predicted molar refractivity (Wildman–Crippen MR) is 27.5 cm³/mol. The summed E-state index contributed by atoms with van der Waals surface area (Å²) in [5.41, 5.74) is 1.24. The van der Waals surface area contributed by atoms with Crippen molar-refractivity contribution in [1.29, 1.82) is 5.26 Å². The van der Waals surface area contributed by atoms with E-state index in [2.05, 4.69) is 12.1 Å². The fourth-order valence-electron chi connectivity index (χ4n) is 0.626. The van der Waals surface area contributed by atoms with E-state index in [0.29, 0.717) is 0 Å². The summed E-state index contributed by atoms with van der Waals surface area (Å²) in [6, 6.07) is 2.18. The molecule has 0 aromatic heterocycles. The maximum Gasteiger partial charge on any atom is 0.0704 e. The molecule has 0 fully saturated rings. The lowest BCUT2D eigenvalue weighted by molar-refractivity contribution is 0.708. The van der Waals surface area contributed by atoms with Crippen molar-refractivity contribution in [2.45, 2.75) is 13.3 Å². The standard InChI is InChI=1S/C6H7N/c1-5-2-3-6(5)4-7/h2,6H,3H2,1H3/t6-/m0/s1. The largest absolute Gasteiger partial charge is 0.198 e. The van der Waals surface area contributed by atoms with E-state index < -0.39 is 0 Å². The van der Waals surface area contributed by atoms with Crippen LogP contribution in [0.1, 0.15) is 13.3 Å². The van der Waals surface area contributed by atoms with Gasteiger partial charge in [-0.3, -0.25) is 0 Å². The highest BCUT2D eigenvalue weighted by Gasteiger charge is 2.14. The average molecular weight is 93.1 g/mol. The third kappa shape index (κ3) is 0.521. The molecule has 0 saturated heterocycles. The molecule has 1 aliphatic rings. The summed E-state index contributed by atoms with van der Waals surface area (Å²) in [5.74, 6) is 0.250. The molecule has 0 aromatic carbocycles. The first-order valence-electron chi connectivity index (χ1n) is 2.41. The Morgan fingerprint density at radius 2 is 2.71 bits per heavy atom. The molecule has 1 heteroatoms. The molecule has 1 atom stereocenters. The van der Waals surface area contributed by atoms with Crippen LogP contribution in [-0.4, -0.2) is 0 Å². The first-order chi connectivity index (χ1) is 3.34. The van der Waals surface area contributed by atoms with Crippen LogP contribution in [0.3, 0.4) is 0 Å². The van der Waals surface area contributed by atoms with E-state index in [4.69, 9.17) is 5.26 Å². The molecule has 0 saturated carbocycles. The van der Waals surface area contributed by atoms with Gasteiger partial charge in [0.15, 0.2) is 0 Å². The third-order valence-electron chi connectivity index (χ3n) is 1.38. The first kappa shape index (κ1) is 4.39. The lowest BCUT2D eigenvalue weighted by Crippen LogP contribution is -2.05. The van der Waals surface area contributed by atoms with Gasteiger partial charge in [-0.2, -0.15) is 5.26 Å². The molecule has 1 aliphatic carbocycles. The second-order valence-corrected chi connectivity index (χ2v) is 1.87. The Kier molecular flexibility index (Phi) is 0.867. The first-order valence-corrected chi connectivity index (χ1v) is 2.41. The average Bonchev–Trinajstić information content (AvgIpc) is 1.65. The summed E-state index contributed by atoms with van der Waals surface area (Å²) >= 11 is 0. The Hall–Kier alpha value is -0.770. The second-order valence-electron chi connectivity index (χ2n) is 1.87. The van der Waals surface area contributed by atoms with Crippen LogP contribution in [0.2, 0.25) is 0 Å². The molecular formula is C6H7N. The zero-order chi connectivity index (χ0) is 5.28. The predicted octanol–water partition coefficient (Wildman–Crippen LogP) is 1.48. The van der Waals surface area contributed by atoms with Crippen LogP contribution in [0.15, 0.2) is 11.6 Å². The van der Waals surface area contributed by atoms with Crippen LogP contribution in [0.25, 0.3) is 0 Å². The van der Waals surface area contributed by atoms with Crippen molar-refractivity contribution in [3.8, 4) is 6.07 Å². The van der Waals surface area contributed by atoms with Gasteiger partial charge in [-0.15, -0.1) is 0 Å². The molecule has 36 valence electrons. The topological polar surface area (TPSA) is 23.8 Å². The maximum absolute atomic E-state index is 8.27. The summed E-state index contributed by atoms with van der Waals surface area (Å²) in [6.07, 6.45) is 3.07. The highest BCUT2D eigenvalue weighted by atomic mass is 14.3. The number of nitriles is 1. The van der Waals surface area contributed by atoms with Crippen LogP contribution < -0.4 is 0 Å². The van der Waals surface area contributed by atoms with Gasteiger partial charge in [-0.1, -0.05) is 11.6 Å². The molecule has 0 aromatic rings. The molecule has 0 bridgehead atoms. The molecule has 1 nitrogen and oxygen atoms in total. The quantitative estimate of drug-likeness (QED) is 0.416. The normalized spacial score (nSPS) is 27.4. The summed E-state index contributed by atoms with van der Waals surface area (Å²) in [7, 11) is 0. The van der Waals surface area contributed by atoms with Gasteiger partial charge in [0.05, 0.1) is 12.0 Å². The summed E-state index contributed by atoms with van der Waals surface area (Å²) in [5, 5.41) is 8.27. The molecule has 0 radical (unpaired) electrons. The van der Waals surface area contributed by atoms with Crippen molar-refractivity contribution in [2.24, 2.45) is 5.92 Å². The minimum Gasteiger partial charge on any atom is -0.198 e. The molecule has 0 unspecified atom stereocenters. The molecule has 0 spiro atoms. The van der Waals surface area contributed by atoms with Gasteiger partial charge in [0.1, 0.15) is 0 Å². The van der Waals surface area contributed by atoms with E-state index in [1.807, 2.05) is 6.92 Å². The third-order valence-corrected chi connectivity index (χ3v) is 1.38. The monoisotopic (exact) mass is 93.1 g/mol. The summed E-state index contributed by atoms with van der Waals surface area (Å²) in [6.45, 7) is 2.00. The maximum atomic E-state index is 8.27. The Balaban J connectivity index is 2.57. The van der Waals surface area contributed by atoms with Gasteiger partial charge in [-0.25, -0.2) is 0 Å². The van der Waals surface area contributed by atoms with Crippen molar-refractivity contribution in [2.75, 3.05) is 0 Å². The Morgan fingerprint density at radius 1 is 2.00 bits per heavy atom. The van der Waals surface area contributed by atoms with E-state index in [-0.39, 0.29) is 5.92 Å². The van der Waals surface area contributed by atoms with Crippen molar-refractivity contribution in [3.63, 3.8) is 0 Å². The van der Waals surface area contributed by atoms with E-state index in [1.54, 1.807) is 0 Å². The molecule has 0 heterocycles. The van der Waals surface area contributed by atoms with Crippen LogP contribution >= 0.6 is 0 Å². The van der Waals surface area contributed by atoms with Crippen LogP contribution in [0.5, 0.6) is 0 Å². The van der Waals surface area contributed by atoms with Gasteiger partial charge in [0.25, 0.3) is 0 Å². The van der Waals surface area contributed by atoms with Gasteiger partial charge in [-0.05, 0) is 13.3 Å². The fraction of sp³-hybridized carbons (Fsp3) is 0.500. The number of hydrogen-bond acceptors (Lipinski definition) is 1. The van der Waals surface area contributed by atoms with Gasteiger partial charge < -0.3 is 0 Å². The van der Waals surface area contributed by atoms with E-state index in [9.17, 15) is 0 Å². The van der Waals surface area contributed by atoms with E-state index in [1.165, 1.54) is 5.57 Å². The zero-order valence-electron chi connectivity index (χ0n) is 4.31. The van der Waals surface area contributed by atoms with Crippen molar-refractivity contribution < 1.29 is 0 Å². The molecular weight excluding hydrogens is 86.1 g/mol. The summed E-state index contributed by atoms with van der Waals surface area (Å²) < 4.78 is 0. The van der Waals surface area contributed by atoms with Crippen molar-refractivity contribution in [1.82, 2.24) is 0 Å². The number of rotatable bonds is 0. The SMILES string of the molecule is CC1=CC[C@H]1C#N. The van der Waals surface area contributed by atoms with E-state index in [0.717, 1.165) is 6.42 Å². The molecule has 1 rings (SSSR count). The highest BCUT2D eigenvalue weighted by Crippen LogP contribution is 2.24. The van der Waals surface area contributed by atoms with Gasteiger partial charge >= 0.3 is 0 Å². The number of hydrogen-bond donors (Lipinski definition) is 0. The van der Waals surface area contributed by atoms with Gasteiger partial charge in [0, 0.05) is 0 Å². The Morgan fingerprint density at radius 3 is 2.71 bits per heavy atom. The summed E-state index contributed by atoms with van der Waals surface area (Å²) in [4.78, 5) is 0. The minimum absolute atomic E-state index is 0.250.